The van der Waals surface area contributed by atoms with Crippen molar-refractivity contribution in [2.75, 3.05) is 19.6 Å². The first kappa shape index (κ1) is 11.5. The van der Waals surface area contributed by atoms with Gasteiger partial charge in [0.25, 0.3) is 0 Å². The summed E-state index contributed by atoms with van der Waals surface area (Å²) in [6.07, 6.45) is 2.08. The van der Waals surface area contributed by atoms with Gasteiger partial charge in [-0.3, -0.25) is 9.69 Å². The molecule has 2 atom stereocenters. The molecule has 0 aromatic heterocycles. The smallest absolute Gasteiger partial charge is 0.238 e. The lowest BCUT2D eigenvalue weighted by Gasteiger charge is -2.26. The minimum absolute atomic E-state index is 0.0888. The van der Waals surface area contributed by atoms with Crippen molar-refractivity contribution in [3.8, 4) is 0 Å². The maximum absolute atomic E-state index is 11.7. The molecule has 1 aliphatic heterocycles. The second kappa shape index (κ2) is 5.32. The van der Waals surface area contributed by atoms with Crippen LogP contribution in [0.4, 0.5) is 0 Å². The van der Waals surface area contributed by atoms with Crippen LogP contribution >= 0.6 is 0 Å². The van der Waals surface area contributed by atoms with Gasteiger partial charge in [-0.25, -0.2) is 0 Å². The van der Waals surface area contributed by atoms with Gasteiger partial charge in [-0.15, -0.1) is 0 Å². The maximum atomic E-state index is 11.7. The third kappa shape index (κ3) is 2.69. The molecule has 2 unspecified atom stereocenters. The number of hydrogen-bond donors (Lipinski definition) is 2. The van der Waals surface area contributed by atoms with E-state index in [-0.39, 0.29) is 18.0 Å². The number of nitrogens with two attached hydrogens (primary N) is 1. The van der Waals surface area contributed by atoms with Crippen LogP contribution in [-0.4, -0.2) is 42.5 Å². The van der Waals surface area contributed by atoms with Crippen molar-refractivity contribution in [1.82, 2.24) is 10.2 Å². The second-order valence-corrected chi connectivity index (χ2v) is 3.99. The molecule has 0 saturated carbocycles. The summed E-state index contributed by atoms with van der Waals surface area (Å²) in [6, 6.07) is 0.151. The van der Waals surface area contributed by atoms with E-state index >= 15 is 0 Å². The Hall–Kier alpha value is -0.610. The van der Waals surface area contributed by atoms with Crippen LogP contribution in [0.2, 0.25) is 0 Å². The Morgan fingerprint density at radius 2 is 2.36 bits per heavy atom. The molecule has 0 radical (unpaired) electrons. The van der Waals surface area contributed by atoms with E-state index in [0.29, 0.717) is 6.54 Å². The topological polar surface area (TPSA) is 58.4 Å². The number of nitrogens with zero attached hydrogens (tertiary/aromatic N) is 1. The van der Waals surface area contributed by atoms with Gasteiger partial charge in [-0.05, 0) is 26.3 Å². The lowest BCUT2D eigenvalue weighted by molar-refractivity contribution is -0.125. The molecule has 1 amide bonds. The van der Waals surface area contributed by atoms with E-state index in [1.165, 1.54) is 0 Å². The molecule has 1 aliphatic rings. The van der Waals surface area contributed by atoms with Gasteiger partial charge in [0.1, 0.15) is 6.04 Å². The van der Waals surface area contributed by atoms with Crippen LogP contribution in [0.15, 0.2) is 0 Å². The molecule has 82 valence electrons. The van der Waals surface area contributed by atoms with Crippen LogP contribution in [0.3, 0.4) is 0 Å². The van der Waals surface area contributed by atoms with Crippen LogP contribution in [0.25, 0.3) is 0 Å². The molecular weight excluding hydrogens is 178 g/mol. The Kier molecular flexibility index (Phi) is 4.35. The van der Waals surface area contributed by atoms with Crippen LogP contribution in [0, 0.1) is 0 Å². The minimum Gasteiger partial charge on any atom is -0.352 e. The molecule has 4 heteroatoms. The standard InChI is InChI=1S/C10H21N3O/c1-3-5-13-6-4-8(2)12-10(14)9(13)7-11/h8-9H,3-7,11H2,1-2H3,(H,12,14). The Bertz CT molecular complexity index is 196. The van der Waals surface area contributed by atoms with E-state index in [9.17, 15) is 4.79 Å². The number of nitrogens with one attached hydrogen (secondary N) is 1. The Morgan fingerprint density at radius 3 is 2.93 bits per heavy atom. The predicted molar refractivity (Wildman–Crippen MR) is 56.9 cm³/mol. The second-order valence-electron chi connectivity index (χ2n) is 3.99. The summed E-state index contributed by atoms with van der Waals surface area (Å²) in [5, 5.41) is 2.97. The van der Waals surface area contributed by atoms with E-state index in [2.05, 4.69) is 17.1 Å². The monoisotopic (exact) mass is 199 g/mol. The average Bonchev–Trinajstić information content (AvgIpc) is 2.26. The highest BCUT2D eigenvalue weighted by atomic mass is 16.2. The van der Waals surface area contributed by atoms with Crippen molar-refractivity contribution in [2.24, 2.45) is 5.73 Å². The summed E-state index contributed by atoms with van der Waals surface area (Å²) >= 11 is 0. The zero-order chi connectivity index (χ0) is 10.6. The predicted octanol–water partition coefficient (Wildman–Crippen LogP) is -0.0659. The lowest BCUT2D eigenvalue weighted by Crippen LogP contribution is -2.49. The summed E-state index contributed by atoms with van der Waals surface area (Å²) < 4.78 is 0. The Morgan fingerprint density at radius 1 is 1.64 bits per heavy atom. The Labute approximate surface area is 85.8 Å². The zero-order valence-electron chi connectivity index (χ0n) is 9.12. The first-order valence-electron chi connectivity index (χ1n) is 5.43. The van der Waals surface area contributed by atoms with E-state index in [1.807, 2.05) is 6.92 Å². The van der Waals surface area contributed by atoms with Crippen molar-refractivity contribution in [1.29, 1.82) is 0 Å². The van der Waals surface area contributed by atoms with Gasteiger partial charge in [0.2, 0.25) is 5.91 Å². The molecular formula is C10H21N3O. The van der Waals surface area contributed by atoms with E-state index < -0.39 is 0 Å². The molecule has 1 rings (SSSR count). The molecule has 0 aliphatic carbocycles. The van der Waals surface area contributed by atoms with E-state index in [4.69, 9.17) is 5.73 Å². The molecule has 0 bridgehead atoms. The SMILES string of the molecule is CCCN1CCC(C)NC(=O)C1CN. The highest BCUT2D eigenvalue weighted by Gasteiger charge is 2.28. The van der Waals surface area contributed by atoms with Gasteiger partial charge < -0.3 is 11.1 Å². The number of hydrogen-bond acceptors (Lipinski definition) is 3. The van der Waals surface area contributed by atoms with Gasteiger partial charge in [-0.2, -0.15) is 0 Å². The van der Waals surface area contributed by atoms with Crippen molar-refractivity contribution < 1.29 is 4.79 Å². The van der Waals surface area contributed by atoms with Gasteiger partial charge in [0.15, 0.2) is 0 Å². The van der Waals surface area contributed by atoms with Crippen molar-refractivity contribution in [2.45, 2.75) is 38.8 Å². The maximum Gasteiger partial charge on any atom is 0.238 e. The summed E-state index contributed by atoms with van der Waals surface area (Å²) in [5.41, 5.74) is 5.63. The van der Waals surface area contributed by atoms with Gasteiger partial charge in [0.05, 0.1) is 0 Å². The first-order chi connectivity index (χ1) is 6.69. The van der Waals surface area contributed by atoms with Crippen molar-refractivity contribution >= 4 is 5.91 Å². The number of amides is 1. The Balaban J connectivity index is 2.66. The highest BCUT2D eigenvalue weighted by Crippen LogP contribution is 2.08. The van der Waals surface area contributed by atoms with Gasteiger partial charge in [0, 0.05) is 19.1 Å². The third-order valence-electron chi connectivity index (χ3n) is 2.72. The van der Waals surface area contributed by atoms with Crippen LogP contribution < -0.4 is 11.1 Å². The molecule has 0 spiro atoms. The molecule has 0 aromatic rings. The number of rotatable bonds is 3. The molecule has 14 heavy (non-hydrogen) atoms. The summed E-state index contributed by atoms with van der Waals surface area (Å²) in [5.74, 6) is 0.0888. The van der Waals surface area contributed by atoms with Gasteiger partial charge in [-0.1, -0.05) is 6.92 Å². The highest BCUT2D eigenvalue weighted by molar-refractivity contribution is 5.82. The van der Waals surface area contributed by atoms with Gasteiger partial charge >= 0.3 is 0 Å². The summed E-state index contributed by atoms with van der Waals surface area (Å²) in [7, 11) is 0. The van der Waals surface area contributed by atoms with Crippen molar-refractivity contribution in [3.05, 3.63) is 0 Å². The fourth-order valence-corrected chi connectivity index (χ4v) is 1.90. The molecule has 1 fully saturated rings. The molecule has 1 saturated heterocycles. The average molecular weight is 199 g/mol. The quantitative estimate of drug-likeness (QED) is 0.669. The van der Waals surface area contributed by atoms with Crippen LogP contribution in [0.1, 0.15) is 26.7 Å². The molecule has 1 heterocycles. The zero-order valence-corrected chi connectivity index (χ0v) is 9.12. The number of carbonyl (C=O) groups excluding carboxylic acids is 1. The first-order valence-corrected chi connectivity index (χ1v) is 5.43. The fourth-order valence-electron chi connectivity index (χ4n) is 1.90. The van der Waals surface area contributed by atoms with Crippen molar-refractivity contribution in [3.63, 3.8) is 0 Å². The fraction of sp³-hybridized carbons (Fsp3) is 0.900. The van der Waals surface area contributed by atoms with Crippen LogP contribution in [-0.2, 0) is 4.79 Å². The molecule has 4 nitrogen and oxygen atoms in total. The summed E-state index contributed by atoms with van der Waals surface area (Å²) in [6.45, 7) is 6.51. The van der Waals surface area contributed by atoms with E-state index in [1.54, 1.807) is 0 Å². The normalized spacial score (nSPS) is 29.8. The lowest BCUT2D eigenvalue weighted by atomic mass is 10.2. The summed E-state index contributed by atoms with van der Waals surface area (Å²) in [4.78, 5) is 13.9. The molecule has 0 aromatic carbocycles. The van der Waals surface area contributed by atoms with E-state index in [0.717, 1.165) is 25.9 Å². The molecule has 3 N–H and O–H groups in total. The van der Waals surface area contributed by atoms with Crippen LogP contribution in [0.5, 0.6) is 0 Å². The minimum atomic E-state index is -0.125. The largest absolute Gasteiger partial charge is 0.352 e. The third-order valence-corrected chi connectivity index (χ3v) is 2.72. The number of carbonyl (C=O) groups is 1.